The van der Waals surface area contributed by atoms with Crippen LogP contribution < -0.4 is 0 Å². The third-order valence-electron chi connectivity index (χ3n) is 1.22. The second-order valence-electron chi connectivity index (χ2n) is 2.05. The second-order valence-corrected chi connectivity index (χ2v) is 3.79. The first-order valence-corrected chi connectivity index (χ1v) is 4.37. The minimum Gasteiger partial charge on any atom is -0.142 e. The monoisotopic (exact) mass is 236 g/mol. The number of hydrogen-bond acceptors (Lipinski definition) is 1. The van der Waals surface area contributed by atoms with Crippen LogP contribution in [0.3, 0.4) is 0 Å². The predicted octanol–water partition coefficient (Wildman–Crippen LogP) is 3.70. The van der Waals surface area contributed by atoms with E-state index < -0.39 is 0 Å². The molecule has 0 fully saturated rings. The molecule has 1 aromatic rings. The van der Waals surface area contributed by atoms with Gasteiger partial charge < -0.3 is 0 Å². The number of halogens is 2. The fraction of sp³-hybridized carbons (Fsp3) is 0.143. The molecule has 0 aliphatic heterocycles. The van der Waals surface area contributed by atoms with Crippen molar-refractivity contribution in [3.63, 3.8) is 0 Å². The Bertz CT molecular complexity index is 237. The Morgan fingerprint density at radius 3 is 2.60 bits per heavy atom. The molecule has 1 aromatic carbocycles. The van der Waals surface area contributed by atoms with Crippen LogP contribution in [0.2, 0.25) is 5.02 Å². The second kappa shape index (κ2) is 3.16. The highest BCUT2D eigenvalue weighted by molar-refractivity contribution is 9.10. The van der Waals surface area contributed by atoms with Crippen LogP contribution in [0.4, 0.5) is 0 Å². The van der Waals surface area contributed by atoms with E-state index in [1.165, 1.54) is 0 Å². The molecular weight excluding hydrogens is 232 g/mol. The van der Waals surface area contributed by atoms with Gasteiger partial charge in [0.15, 0.2) is 0 Å². The van der Waals surface area contributed by atoms with E-state index in [2.05, 4.69) is 28.6 Å². The average Bonchev–Trinajstić information content (AvgIpc) is 1.82. The fourth-order valence-corrected chi connectivity index (χ4v) is 1.79. The lowest BCUT2D eigenvalue weighted by molar-refractivity contribution is 1.28. The maximum atomic E-state index is 5.76. The van der Waals surface area contributed by atoms with Crippen LogP contribution in [0.15, 0.2) is 21.5 Å². The molecule has 1 rings (SSSR count). The Morgan fingerprint density at radius 2 is 2.10 bits per heavy atom. The molecule has 0 bridgehead atoms. The van der Waals surface area contributed by atoms with Gasteiger partial charge in [0.1, 0.15) is 0 Å². The van der Waals surface area contributed by atoms with Gasteiger partial charge in [-0.1, -0.05) is 11.6 Å². The maximum absolute atomic E-state index is 5.76. The Kier molecular flexibility index (Phi) is 2.67. The molecule has 0 unspecified atom stereocenters. The molecule has 0 amide bonds. The summed E-state index contributed by atoms with van der Waals surface area (Å²) in [5.41, 5.74) is 1.09. The summed E-state index contributed by atoms with van der Waals surface area (Å²) in [6.45, 7) is 1.97. The van der Waals surface area contributed by atoms with Crippen molar-refractivity contribution in [3.8, 4) is 0 Å². The number of rotatable bonds is 0. The van der Waals surface area contributed by atoms with Crippen molar-refractivity contribution in [1.29, 1.82) is 0 Å². The van der Waals surface area contributed by atoms with Crippen LogP contribution >= 0.6 is 40.2 Å². The molecule has 0 N–H and O–H groups in total. The minimum atomic E-state index is 0.738. The van der Waals surface area contributed by atoms with E-state index in [0.29, 0.717) is 0 Å². The molecule has 0 atom stereocenters. The smallest absolute Gasteiger partial charge is 0.0420 e. The van der Waals surface area contributed by atoms with Gasteiger partial charge >= 0.3 is 0 Å². The number of hydrogen-bond donors (Lipinski definition) is 1. The Hall–Kier alpha value is 0.340. The zero-order chi connectivity index (χ0) is 7.72. The topological polar surface area (TPSA) is 0 Å². The molecule has 0 aliphatic rings. The Morgan fingerprint density at radius 1 is 1.50 bits per heavy atom. The van der Waals surface area contributed by atoms with E-state index in [-0.39, 0.29) is 0 Å². The van der Waals surface area contributed by atoms with Gasteiger partial charge in [0.2, 0.25) is 0 Å². The maximum Gasteiger partial charge on any atom is 0.0420 e. The molecule has 3 heteroatoms. The third kappa shape index (κ3) is 1.68. The van der Waals surface area contributed by atoms with Crippen molar-refractivity contribution in [2.24, 2.45) is 0 Å². The molecule has 0 spiro atoms. The molecular formula is C7H6BrClS. The third-order valence-corrected chi connectivity index (χ3v) is 2.96. The molecule has 0 saturated carbocycles. The van der Waals surface area contributed by atoms with Crippen LogP contribution in [0.1, 0.15) is 5.56 Å². The van der Waals surface area contributed by atoms with Gasteiger partial charge in [-0.2, -0.15) is 0 Å². The first-order valence-electron chi connectivity index (χ1n) is 2.76. The summed E-state index contributed by atoms with van der Waals surface area (Å²) in [4.78, 5) is 0.949. The van der Waals surface area contributed by atoms with Gasteiger partial charge in [-0.3, -0.25) is 0 Å². The largest absolute Gasteiger partial charge is 0.142 e. The molecule has 10 heavy (non-hydrogen) atoms. The molecule has 0 radical (unpaired) electrons. The predicted molar refractivity (Wildman–Crippen MR) is 51.1 cm³/mol. The lowest BCUT2D eigenvalue weighted by atomic mass is 10.2. The summed E-state index contributed by atoms with van der Waals surface area (Å²) in [5.74, 6) is 0. The standard InChI is InChI=1S/C7H6BrClS/c1-4-2-5(9)3-6(8)7(4)10/h2-3,10H,1H3. The van der Waals surface area contributed by atoms with E-state index in [9.17, 15) is 0 Å². The molecule has 0 aliphatic carbocycles. The van der Waals surface area contributed by atoms with Crippen molar-refractivity contribution >= 4 is 40.2 Å². The van der Waals surface area contributed by atoms with Crippen molar-refractivity contribution in [3.05, 3.63) is 27.2 Å². The summed E-state index contributed by atoms with van der Waals surface area (Å²) in [5, 5.41) is 0.738. The van der Waals surface area contributed by atoms with Gasteiger partial charge in [0.05, 0.1) is 0 Å². The molecule has 54 valence electrons. The van der Waals surface area contributed by atoms with Gasteiger partial charge in [0, 0.05) is 14.4 Å². The summed E-state index contributed by atoms with van der Waals surface area (Å²) < 4.78 is 0.945. The van der Waals surface area contributed by atoms with E-state index in [4.69, 9.17) is 11.6 Å². The summed E-state index contributed by atoms with van der Waals surface area (Å²) >= 11 is 13.3. The highest BCUT2D eigenvalue weighted by Crippen LogP contribution is 2.27. The minimum absolute atomic E-state index is 0.738. The summed E-state index contributed by atoms with van der Waals surface area (Å²) in [6.07, 6.45) is 0. The van der Waals surface area contributed by atoms with E-state index in [0.717, 1.165) is 20.0 Å². The number of thiol groups is 1. The zero-order valence-electron chi connectivity index (χ0n) is 5.36. The van der Waals surface area contributed by atoms with Gasteiger partial charge in [-0.05, 0) is 40.5 Å². The normalized spacial score (nSPS) is 10.0. The van der Waals surface area contributed by atoms with Crippen molar-refractivity contribution in [2.75, 3.05) is 0 Å². The molecule has 0 aromatic heterocycles. The highest BCUT2D eigenvalue weighted by Gasteiger charge is 1.99. The number of aryl methyl sites for hydroxylation is 1. The lowest BCUT2D eigenvalue weighted by Crippen LogP contribution is -1.77. The highest BCUT2D eigenvalue weighted by atomic mass is 79.9. The van der Waals surface area contributed by atoms with Crippen molar-refractivity contribution in [1.82, 2.24) is 0 Å². The van der Waals surface area contributed by atoms with Crippen molar-refractivity contribution in [2.45, 2.75) is 11.8 Å². The first-order chi connectivity index (χ1) is 4.61. The zero-order valence-corrected chi connectivity index (χ0v) is 8.59. The van der Waals surface area contributed by atoms with Crippen LogP contribution in [-0.4, -0.2) is 0 Å². The Balaban J connectivity index is 3.31. The van der Waals surface area contributed by atoms with Gasteiger partial charge in [-0.15, -0.1) is 12.6 Å². The number of benzene rings is 1. The fourth-order valence-electron chi connectivity index (χ4n) is 0.695. The van der Waals surface area contributed by atoms with E-state index >= 15 is 0 Å². The average molecular weight is 238 g/mol. The summed E-state index contributed by atoms with van der Waals surface area (Å²) in [6, 6.07) is 3.71. The molecule has 0 saturated heterocycles. The first kappa shape index (κ1) is 8.44. The molecule has 0 heterocycles. The van der Waals surface area contributed by atoms with Crippen LogP contribution in [0.5, 0.6) is 0 Å². The van der Waals surface area contributed by atoms with Gasteiger partial charge in [-0.25, -0.2) is 0 Å². The van der Waals surface area contributed by atoms with Crippen LogP contribution in [0.25, 0.3) is 0 Å². The van der Waals surface area contributed by atoms with Crippen LogP contribution in [0, 0.1) is 6.92 Å². The molecule has 0 nitrogen and oxygen atoms in total. The van der Waals surface area contributed by atoms with Gasteiger partial charge in [0.25, 0.3) is 0 Å². The lowest BCUT2D eigenvalue weighted by Gasteiger charge is -2.01. The Labute approximate surface area is 79.1 Å². The quantitative estimate of drug-likeness (QED) is 0.654. The van der Waals surface area contributed by atoms with Crippen LogP contribution in [-0.2, 0) is 0 Å². The van der Waals surface area contributed by atoms with E-state index in [1.54, 1.807) is 0 Å². The summed E-state index contributed by atoms with van der Waals surface area (Å²) in [7, 11) is 0. The van der Waals surface area contributed by atoms with E-state index in [1.807, 2.05) is 19.1 Å². The SMILES string of the molecule is Cc1cc(Cl)cc(Br)c1S. The van der Waals surface area contributed by atoms with Crippen molar-refractivity contribution < 1.29 is 0 Å².